The van der Waals surface area contributed by atoms with Crippen molar-refractivity contribution in [2.24, 2.45) is 0 Å². The van der Waals surface area contributed by atoms with Crippen LogP contribution in [0.25, 0.3) is 0 Å². The van der Waals surface area contributed by atoms with Crippen LogP contribution in [0.15, 0.2) is 60.9 Å². The Bertz CT molecular complexity index is 879. The fourth-order valence-electron chi connectivity index (χ4n) is 2.52. The molecule has 1 aromatic heterocycles. The van der Waals surface area contributed by atoms with Gasteiger partial charge in [0.1, 0.15) is 6.33 Å². The first-order chi connectivity index (χ1) is 13.2. The van der Waals surface area contributed by atoms with E-state index in [1.165, 1.54) is 11.0 Å². The van der Waals surface area contributed by atoms with Crippen LogP contribution < -0.4 is 5.32 Å². The van der Waals surface area contributed by atoms with Crippen molar-refractivity contribution >= 4 is 17.6 Å². The highest BCUT2D eigenvalue weighted by molar-refractivity contribution is 5.96. The molecule has 0 saturated carbocycles. The van der Waals surface area contributed by atoms with Crippen molar-refractivity contribution in [3.05, 3.63) is 72.1 Å². The molecule has 0 aliphatic carbocycles. The summed E-state index contributed by atoms with van der Waals surface area (Å²) >= 11 is 0. The number of rotatable bonds is 7. The lowest BCUT2D eigenvalue weighted by molar-refractivity contribution is -0.118. The summed E-state index contributed by atoms with van der Waals surface area (Å²) in [6.45, 7) is 2.31. The van der Waals surface area contributed by atoms with Gasteiger partial charge in [0.25, 0.3) is 5.91 Å². The van der Waals surface area contributed by atoms with Crippen LogP contribution >= 0.6 is 0 Å². The summed E-state index contributed by atoms with van der Waals surface area (Å²) in [5.74, 6) is -0.680. The monoisotopic (exact) mass is 365 g/mol. The predicted molar refractivity (Wildman–Crippen MR) is 98.0 cm³/mol. The van der Waals surface area contributed by atoms with Gasteiger partial charge in [-0.25, -0.2) is 9.48 Å². The molecule has 138 valence electrons. The summed E-state index contributed by atoms with van der Waals surface area (Å²) in [7, 11) is 0. The van der Waals surface area contributed by atoms with Gasteiger partial charge in [-0.15, -0.1) is 5.10 Å². The number of nitrogens with one attached hydrogen (secondary N) is 1. The number of tetrazole rings is 1. The van der Waals surface area contributed by atoms with E-state index in [4.69, 9.17) is 4.74 Å². The van der Waals surface area contributed by atoms with E-state index in [-0.39, 0.29) is 11.9 Å². The Kier molecular flexibility index (Phi) is 5.88. The number of benzene rings is 2. The van der Waals surface area contributed by atoms with E-state index >= 15 is 0 Å². The van der Waals surface area contributed by atoms with E-state index in [0.29, 0.717) is 17.9 Å². The molecule has 0 aliphatic rings. The summed E-state index contributed by atoms with van der Waals surface area (Å²) in [4.78, 5) is 24.7. The van der Waals surface area contributed by atoms with E-state index in [2.05, 4.69) is 20.8 Å². The van der Waals surface area contributed by atoms with Crippen LogP contribution in [0.2, 0.25) is 0 Å². The van der Waals surface area contributed by atoms with Crippen LogP contribution in [-0.2, 0) is 9.53 Å². The molecule has 0 aliphatic heterocycles. The Morgan fingerprint density at radius 3 is 2.48 bits per heavy atom. The highest BCUT2D eigenvalue weighted by atomic mass is 16.5. The SMILES string of the molecule is CCCOC(=O)c1ccc(NC(=O)[C@@H](c2ccccc2)n2cnnn2)cc1. The highest BCUT2D eigenvalue weighted by Gasteiger charge is 2.24. The Morgan fingerprint density at radius 2 is 1.85 bits per heavy atom. The molecule has 3 aromatic rings. The lowest BCUT2D eigenvalue weighted by atomic mass is 10.1. The zero-order valence-electron chi connectivity index (χ0n) is 14.8. The second-order valence-electron chi connectivity index (χ2n) is 5.81. The van der Waals surface area contributed by atoms with Crippen LogP contribution in [0.4, 0.5) is 5.69 Å². The van der Waals surface area contributed by atoms with Gasteiger partial charge >= 0.3 is 5.97 Å². The Morgan fingerprint density at radius 1 is 1.11 bits per heavy atom. The molecule has 1 N–H and O–H groups in total. The molecular weight excluding hydrogens is 346 g/mol. The Balaban J connectivity index is 1.75. The fraction of sp³-hybridized carbons (Fsp3) is 0.211. The van der Waals surface area contributed by atoms with Gasteiger partial charge in [-0.1, -0.05) is 37.3 Å². The van der Waals surface area contributed by atoms with Crippen molar-refractivity contribution in [3.8, 4) is 0 Å². The maximum Gasteiger partial charge on any atom is 0.338 e. The van der Waals surface area contributed by atoms with Crippen LogP contribution in [0.1, 0.15) is 35.3 Å². The molecule has 8 nitrogen and oxygen atoms in total. The number of carbonyl (C=O) groups is 2. The third-order valence-corrected chi connectivity index (χ3v) is 3.82. The molecule has 0 unspecified atom stereocenters. The molecule has 27 heavy (non-hydrogen) atoms. The molecule has 0 spiro atoms. The van der Waals surface area contributed by atoms with Crippen molar-refractivity contribution < 1.29 is 14.3 Å². The molecule has 8 heteroatoms. The number of anilines is 1. The highest BCUT2D eigenvalue weighted by Crippen LogP contribution is 2.20. The zero-order chi connectivity index (χ0) is 19.1. The van der Waals surface area contributed by atoms with Crippen molar-refractivity contribution in [1.82, 2.24) is 20.2 Å². The average molecular weight is 365 g/mol. The molecular formula is C19H19N5O3. The topological polar surface area (TPSA) is 99.0 Å². The number of ether oxygens (including phenoxy) is 1. The molecule has 0 bridgehead atoms. The van der Waals surface area contributed by atoms with E-state index < -0.39 is 6.04 Å². The van der Waals surface area contributed by atoms with Crippen molar-refractivity contribution in [1.29, 1.82) is 0 Å². The minimum atomic E-state index is -0.713. The number of carbonyl (C=O) groups excluding carboxylic acids is 2. The second kappa shape index (κ2) is 8.70. The van der Waals surface area contributed by atoms with E-state index in [1.54, 1.807) is 24.3 Å². The molecule has 2 aromatic carbocycles. The lowest BCUT2D eigenvalue weighted by Crippen LogP contribution is -2.27. The summed E-state index contributed by atoms with van der Waals surface area (Å²) in [5.41, 5.74) is 1.74. The van der Waals surface area contributed by atoms with E-state index in [0.717, 1.165) is 12.0 Å². The first-order valence-corrected chi connectivity index (χ1v) is 8.54. The standard InChI is InChI=1S/C19H19N5O3/c1-2-12-27-19(26)15-8-10-16(11-9-15)21-18(25)17(24-13-20-22-23-24)14-6-4-3-5-7-14/h3-11,13,17H,2,12H2,1H3,(H,21,25)/t17-/m1/s1. The molecule has 1 atom stereocenters. The summed E-state index contributed by atoms with van der Waals surface area (Å²) in [6.07, 6.45) is 2.15. The number of nitrogens with zero attached hydrogens (tertiary/aromatic N) is 4. The molecule has 0 fully saturated rings. The minimum absolute atomic E-state index is 0.296. The number of aromatic nitrogens is 4. The number of hydrogen-bond donors (Lipinski definition) is 1. The molecule has 1 amide bonds. The quantitative estimate of drug-likeness (QED) is 0.646. The van der Waals surface area contributed by atoms with Crippen molar-refractivity contribution in [2.45, 2.75) is 19.4 Å². The molecule has 0 saturated heterocycles. The summed E-state index contributed by atoms with van der Waals surface area (Å²) < 4.78 is 6.48. The van der Waals surface area contributed by atoms with E-state index in [9.17, 15) is 9.59 Å². The predicted octanol–water partition coefficient (Wildman–Crippen LogP) is 2.47. The van der Waals surface area contributed by atoms with Gasteiger partial charge < -0.3 is 10.1 Å². The van der Waals surface area contributed by atoms with Crippen LogP contribution in [-0.4, -0.2) is 38.7 Å². The van der Waals surface area contributed by atoms with Gasteiger partial charge in [-0.05, 0) is 46.7 Å². The molecule has 0 radical (unpaired) electrons. The maximum atomic E-state index is 12.9. The van der Waals surface area contributed by atoms with Crippen LogP contribution in [0.5, 0.6) is 0 Å². The normalized spacial score (nSPS) is 11.6. The Hall–Kier alpha value is -3.55. The lowest BCUT2D eigenvalue weighted by Gasteiger charge is -2.16. The largest absolute Gasteiger partial charge is 0.462 e. The van der Waals surface area contributed by atoms with Crippen molar-refractivity contribution in [3.63, 3.8) is 0 Å². The van der Waals surface area contributed by atoms with Gasteiger partial charge in [0.15, 0.2) is 6.04 Å². The van der Waals surface area contributed by atoms with Gasteiger partial charge in [-0.3, -0.25) is 4.79 Å². The van der Waals surface area contributed by atoms with E-state index in [1.807, 2.05) is 37.3 Å². The third kappa shape index (κ3) is 4.55. The summed E-state index contributed by atoms with van der Waals surface area (Å²) in [5, 5.41) is 13.9. The van der Waals surface area contributed by atoms with Crippen LogP contribution in [0.3, 0.4) is 0 Å². The third-order valence-electron chi connectivity index (χ3n) is 3.82. The molecule has 1 heterocycles. The Labute approximate surface area is 156 Å². The smallest absolute Gasteiger partial charge is 0.338 e. The van der Waals surface area contributed by atoms with Gasteiger partial charge in [-0.2, -0.15) is 0 Å². The minimum Gasteiger partial charge on any atom is -0.462 e. The number of amides is 1. The zero-order valence-corrected chi connectivity index (χ0v) is 14.8. The second-order valence-corrected chi connectivity index (χ2v) is 5.81. The number of hydrogen-bond acceptors (Lipinski definition) is 6. The van der Waals surface area contributed by atoms with Gasteiger partial charge in [0, 0.05) is 5.69 Å². The van der Waals surface area contributed by atoms with Crippen LogP contribution in [0, 0.1) is 0 Å². The summed E-state index contributed by atoms with van der Waals surface area (Å²) in [6, 6.07) is 15.0. The first kappa shape index (κ1) is 18.2. The van der Waals surface area contributed by atoms with Crippen molar-refractivity contribution in [2.75, 3.05) is 11.9 Å². The first-order valence-electron chi connectivity index (χ1n) is 8.54. The fourth-order valence-corrected chi connectivity index (χ4v) is 2.52. The molecule has 3 rings (SSSR count). The number of esters is 1. The van der Waals surface area contributed by atoms with Gasteiger partial charge in [0.05, 0.1) is 12.2 Å². The average Bonchev–Trinajstić information content (AvgIpc) is 3.22. The maximum absolute atomic E-state index is 12.9. The van der Waals surface area contributed by atoms with Gasteiger partial charge in [0.2, 0.25) is 0 Å².